The summed E-state index contributed by atoms with van der Waals surface area (Å²) in [6.07, 6.45) is 0.669. The van der Waals surface area contributed by atoms with E-state index in [-0.39, 0.29) is 12.2 Å². The molecule has 5 heteroatoms. The molecular weight excluding hydrogens is 222 g/mol. The number of hydrogen-bond acceptors (Lipinski definition) is 4. The van der Waals surface area contributed by atoms with Crippen LogP contribution in [0.1, 0.15) is 18.1 Å². The third kappa shape index (κ3) is 3.71. The minimum atomic E-state index is -0.687. The summed E-state index contributed by atoms with van der Waals surface area (Å²) < 4.78 is 4.78. The zero-order chi connectivity index (χ0) is 12.8. The van der Waals surface area contributed by atoms with Gasteiger partial charge in [-0.3, -0.25) is 10.1 Å². The first-order chi connectivity index (χ1) is 8.04. The lowest BCUT2D eigenvalue weighted by molar-refractivity contribution is -0.401. The SMILES string of the molecule is CCOC(=O)/C(=C\[N+](=O)[O-])c1ccc(C)cc1. The van der Waals surface area contributed by atoms with E-state index in [0.717, 1.165) is 5.56 Å². The highest BCUT2D eigenvalue weighted by Crippen LogP contribution is 2.17. The van der Waals surface area contributed by atoms with Gasteiger partial charge in [0.1, 0.15) is 5.57 Å². The average molecular weight is 235 g/mol. The van der Waals surface area contributed by atoms with Crippen LogP contribution in [0.15, 0.2) is 30.5 Å². The van der Waals surface area contributed by atoms with Crippen LogP contribution in [-0.2, 0) is 9.53 Å². The number of ether oxygens (including phenoxy) is 1. The molecule has 0 aliphatic rings. The molecule has 0 aliphatic heterocycles. The van der Waals surface area contributed by atoms with E-state index in [4.69, 9.17) is 4.74 Å². The molecule has 0 spiro atoms. The van der Waals surface area contributed by atoms with Gasteiger partial charge in [-0.15, -0.1) is 0 Å². The van der Waals surface area contributed by atoms with Gasteiger partial charge in [-0.2, -0.15) is 0 Å². The molecule has 17 heavy (non-hydrogen) atoms. The lowest BCUT2D eigenvalue weighted by atomic mass is 10.1. The Kier molecular flexibility index (Phi) is 4.39. The fourth-order valence-electron chi connectivity index (χ4n) is 1.29. The summed E-state index contributed by atoms with van der Waals surface area (Å²) in [4.78, 5) is 21.4. The van der Waals surface area contributed by atoms with Gasteiger partial charge in [0, 0.05) is 0 Å². The molecule has 0 unspecified atom stereocenters. The predicted molar refractivity (Wildman–Crippen MR) is 62.8 cm³/mol. The minimum Gasteiger partial charge on any atom is -0.462 e. The van der Waals surface area contributed by atoms with Gasteiger partial charge in [0.25, 0.3) is 0 Å². The van der Waals surface area contributed by atoms with E-state index >= 15 is 0 Å². The van der Waals surface area contributed by atoms with Crippen molar-refractivity contribution in [1.82, 2.24) is 0 Å². The Hall–Kier alpha value is -2.17. The molecule has 0 radical (unpaired) electrons. The third-order valence-electron chi connectivity index (χ3n) is 2.09. The molecule has 0 fully saturated rings. The maximum atomic E-state index is 11.6. The number of hydrogen-bond donors (Lipinski definition) is 0. The molecule has 1 rings (SSSR count). The molecule has 0 atom stereocenters. The van der Waals surface area contributed by atoms with Crippen LogP contribution in [0, 0.1) is 17.0 Å². The van der Waals surface area contributed by atoms with Crippen molar-refractivity contribution < 1.29 is 14.5 Å². The lowest BCUT2D eigenvalue weighted by Gasteiger charge is -2.04. The third-order valence-corrected chi connectivity index (χ3v) is 2.09. The van der Waals surface area contributed by atoms with Gasteiger partial charge < -0.3 is 4.74 Å². The Balaban J connectivity index is 3.11. The van der Waals surface area contributed by atoms with E-state index in [1.807, 2.05) is 6.92 Å². The number of carbonyl (C=O) groups excluding carboxylic acids is 1. The van der Waals surface area contributed by atoms with E-state index in [1.165, 1.54) is 0 Å². The predicted octanol–water partition coefficient (Wildman–Crippen LogP) is 2.18. The standard InChI is InChI=1S/C12H13NO4/c1-3-17-12(14)11(8-13(15)16)10-6-4-9(2)5-7-10/h4-8H,3H2,1-2H3/b11-8-. The number of nitro groups is 1. The largest absolute Gasteiger partial charge is 0.462 e. The summed E-state index contributed by atoms with van der Waals surface area (Å²) in [5.41, 5.74) is 1.45. The van der Waals surface area contributed by atoms with Gasteiger partial charge in [-0.1, -0.05) is 29.8 Å². The Morgan fingerprint density at radius 2 is 2.00 bits per heavy atom. The number of esters is 1. The molecular formula is C12H13NO4. The summed E-state index contributed by atoms with van der Waals surface area (Å²) in [6, 6.07) is 6.87. The van der Waals surface area contributed by atoms with Crippen molar-refractivity contribution in [3.8, 4) is 0 Å². The van der Waals surface area contributed by atoms with Crippen LogP contribution in [0.3, 0.4) is 0 Å². The molecule has 0 saturated carbocycles. The minimum absolute atomic E-state index is 0.0446. The Morgan fingerprint density at radius 3 is 2.47 bits per heavy atom. The maximum Gasteiger partial charge on any atom is 0.345 e. The number of rotatable bonds is 4. The first-order valence-corrected chi connectivity index (χ1v) is 5.14. The summed E-state index contributed by atoms with van der Waals surface area (Å²) in [7, 11) is 0. The number of carbonyl (C=O) groups is 1. The van der Waals surface area contributed by atoms with Crippen molar-refractivity contribution in [2.24, 2.45) is 0 Å². The molecule has 0 aliphatic carbocycles. The zero-order valence-corrected chi connectivity index (χ0v) is 9.67. The van der Waals surface area contributed by atoms with Gasteiger partial charge in [0.15, 0.2) is 0 Å². The fourth-order valence-corrected chi connectivity index (χ4v) is 1.29. The van der Waals surface area contributed by atoms with E-state index in [2.05, 4.69) is 0 Å². The topological polar surface area (TPSA) is 69.4 Å². The van der Waals surface area contributed by atoms with Crippen molar-refractivity contribution >= 4 is 11.5 Å². The average Bonchev–Trinajstić information content (AvgIpc) is 2.27. The fraction of sp³-hybridized carbons (Fsp3) is 0.250. The molecule has 5 nitrogen and oxygen atoms in total. The van der Waals surface area contributed by atoms with Crippen molar-refractivity contribution in [2.75, 3.05) is 6.61 Å². The van der Waals surface area contributed by atoms with E-state index in [1.54, 1.807) is 31.2 Å². The van der Waals surface area contributed by atoms with Crippen molar-refractivity contribution in [2.45, 2.75) is 13.8 Å². The number of aryl methyl sites for hydroxylation is 1. The van der Waals surface area contributed by atoms with E-state index < -0.39 is 10.9 Å². The highest BCUT2D eigenvalue weighted by molar-refractivity contribution is 6.16. The Labute approximate surface area is 98.9 Å². The molecule has 1 aromatic carbocycles. The first-order valence-electron chi connectivity index (χ1n) is 5.14. The summed E-state index contributed by atoms with van der Waals surface area (Å²) in [5, 5.41) is 10.5. The lowest BCUT2D eigenvalue weighted by Crippen LogP contribution is -2.08. The van der Waals surface area contributed by atoms with Crippen LogP contribution in [0.25, 0.3) is 5.57 Å². The van der Waals surface area contributed by atoms with Crippen LogP contribution in [0.5, 0.6) is 0 Å². The highest BCUT2D eigenvalue weighted by atomic mass is 16.6. The molecule has 90 valence electrons. The summed E-state index contributed by atoms with van der Waals surface area (Å²) >= 11 is 0. The normalized spacial score (nSPS) is 11.1. The smallest absolute Gasteiger partial charge is 0.345 e. The molecule has 0 bridgehead atoms. The van der Waals surface area contributed by atoms with E-state index in [9.17, 15) is 14.9 Å². The van der Waals surface area contributed by atoms with Crippen LogP contribution in [0.2, 0.25) is 0 Å². The van der Waals surface area contributed by atoms with Crippen LogP contribution >= 0.6 is 0 Å². The van der Waals surface area contributed by atoms with Gasteiger partial charge in [-0.05, 0) is 19.4 Å². The van der Waals surface area contributed by atoms with Gasteiger partial charge in [-0.25, -0.2) is 4.79 Å². The van der Waals surface area contributed by atoms with Crippen molar-refractivity contribution in [1.29, 1.82) is 0 Å². The van der Waals surface area contributed by atoms with Gasteiger partial charge >= 0.3 is 5.97 Å². The molecule has 0 saturated heterocycles. The van der Waals surface area contributed by atoms with Gasteiger partial charge in [0.2, 0.25) is 6.20 Å². The van der Waals surface area contributed by atoms with Gasteiger partial charge in [0.05, 0.1) is 11.5 Å². The Morgan fingerprint density at radius 1 is 1.41 bits per heavy atom. The van der Waals surface area contributed by atoms with Crippen molar-refractivity contribution in [3.63, 3.8) is 0 Å². The molecule has 0 aromatic heterocycles. The second-order valence-corrected chi connectivity index (χ2v) is 3.41. The quantitative estimate of drug-likeness (QED) is 0.347. The summed E-state index contributed by atoms with van der Waals surface area (Å²) in [6.45, 7) is 3.72. The molecule has 0 amide bonds. The monoisotopic (exact) mass is 235 g/mol. The maximum absolute atomic E-state index is 11.6. The van der Waals surface area contributed by atoms with Crippen LogP contribution in [0.4, 0.5) is 0 Å². The van der Waals surface area contributed by atoms with Crippen molar-refractivity contribution in [3.05, 3.63) is 51.7 Å². The van der Waals surface area contributed by atoms with Crippen LogP contribution in [-0.4, -0.2) is 17.5 Å². The summed E-state index contributed by atoms with van der Waals surface area (Å²) in [5.74, 6) is -0.687. The van der Waals surface area contributed by atoms with E-state index in [0.29, 0.717) is 11.8 Å². The molecule has 0 heterocycles. The Bertz CT molecular complexity index is 448. The molecule has 1 aromatic rings. The van der Waals surface area contributed by atoms with Crippen LogP contribution < -0.4 is 0 Å². The number of benzene rings is 1. The second-order valence-electron chi connectivity index (χ2n) is 3.41. The number of nitrogens with zero attached hydrogens (tertiary/aromatic N) is 1. The highest BCUT2D eigenvalue weighted by Gasteiger charge is 2.17. The molecule has 0 N–H and O–H groups in total. The second kappa shape index (κ2) is 5.79. The first kappa shape index (κ1) is 12.9. The zero-order valence-electron chi connectivity index (χ0n) is 9.67.